The fourth-order valence-electron chi connectivity index (χ4n) is 1.81. The van der Waals surface area contributed by atoms with Crippen LogP contribution in [0.4, 0.5) is 13.2 Å². The first-order chi connectivity index (χ1) is 9.94. The number of hydrogen-bond acceptors (Lipinski definition) is 5. The number of rotatable bonds is 5. The van der Waals surface area contributed by atoms with Crippen LogP contribution in [-0.2, 0) is 12.6 Å². The molecule has 4 nitrogen and oxygen atoms in total. The van der Waals surface area contributed by atoms with Crippen LogP contribution < -0.4 is 10.1 Å². The van der Waals surface area contributed by atoms with Crippen molar-refractivity contribution < 1.29 is 17.9 Å². The summed E-state index contributed by atoms with van der Waals surface area (Å²) < 4.78 is 42.7. The summed E-state index contributed by atoms with van der Waals surface area (Å²) in [4.78, 5) is 8.07. The van der Waals surface area contributed by atoms with Crippen LogP contribution in [0, 0.1) is 0 Å². The monoisotopic (exact) mass is 317 g/mol. The Kier molecular flexibility index (Phi) is 4.79. The van der Waals surface area contributed by atoms with E-state index in [0.717, 1.165) is 5.56 Å². The Morgan fingerprint density at radius 3 is 2.52 bits per heavy atom. The number of likely N-dealkylation sites (N-methyl/N-ethyl adjacent to an activating group) is 1. The second-order valence-corrected chi connectivity index (χ2v) is 5.38. The van der Waals surface area contributed by atoms with E-state index in [9.17, 15) is 13.2 Å². The second kappa shape index (κ2) is 6.40. The van der Waals surface area contributed by atoms with Gasteiger partial charge < -0.3 is 10.1 Å². The molecule has 0 aliphatic carbocycles. The zero-order chi connectivity index (χ0) is 15.5. The maximum absolute atomic E-state index is 12.6. The molecule has 114 valence electrons. The number of nitrogens with zero attached hydrogens (tertiary/aromatic N) is 2. The summed E-state index contributed by atoms with van der Waals surface area (Å²) in [5.41, 5.74) is 0.900. The molecule has 0 spiro atoms. The first kappa shape index (κ1) is 15.7. The Balaban J connectivity index is 2.13. The van der Waals surface area contributed by atoms with Crippen molar-refractivity contribution in [3.8, 4) is 5.88 Å². The third-order valence-corrected chi connectivity index (χ3v) is 4.06. The third-order valence-electron chi connectivity index (χ3n) is 2.90. The van der Waals surface area contributed by atoms with Crippen molar-refractivity contribution in [2.45, 2.75) is 18.6 Å². The second-order valence-electron chi connectivity index (χ2n) is 4.32. The normalized spacial score (nSPS) is 13.2. The van der Waals surface area contributed by atoms with E-state index in [0.29, 0.717) is 28.5 Å². The predicted octanol–water partition coefficient (Wildman–Crippen LogP) is 3.07. The van der Waals surface area contributed by atoms with E-state index in [1.807, 2.05) is 6.07 Å². The largest absolute Gasteiger partial charge is 0.481 e. The Morgan fingerprint density at radius 2 is 2.05 bits per heavy atom. The highest BCUT2D eigenvalue weighted by atomic mass is 32.1. The lowest BCUT2D eigenvalue weighted by molar-refractivity contribution is -0.137. The minimum absolute atomic E-state index is 0.242. The van der Waals surface area contributed by atoms with Crippen LogP contribution in [0.1, 0.15) is 21.5 Å². The van der Waals surface area contributed by atoms with Gasteiger partial charge in [0.2, 0.25) is 5.88 Å². The third kappa shape index (κ3) is 3.92. The molecule has 2 aromatic heterocycles. The molecule has 0 amide bonds. The minimum atomic E-state index is -4.40. The van der Waals surface area contributed by atoms with Crippen LogP contribution in [0.2, 0.25) is 0 Å². The molecule has 8 heteroatoms. The van der Waals surface area contributed by atoms with Crippen molar-refractivity contribution in [3.05, 3.63) is 40.0 Å². The topological polar surface area (TPSA) is 47.0 Å². The van der Waals surface area contributed by atoms with Gasteiger partial charge in [-0.15, -0.1) is 11.3 Å². The molecular weight excluding hydrogens is 303 g/mol. The van der Waals surface area contributed by atoms with Gasteiger partial charge in [0.25, 0.3) is 0 Å². The van der Waals surface area contributed by atoms with Crippen LogP contribution in [0.25, 0.3) is 0 Å². The molecule has 2 rings (SSSR count). The molecule has 0 aromatic carbocycles. The van der Waals surface area contributed by atoms with E-state index in [1.54, 1.807) is 19.3 Å². The number of pyridine rings is 1. The first-order valence-corrected chi connectivity index (χ1v) is 6.94. The lowest BCUT2D eigenvalue weighted by Crippen LogP contribution is -2.17. The number of nitrogens with one attached hydrogen (secondary N) is 1. The van der Waals surface area contributed by atoms with Gasteiger partial charge >= 0.3 is 6.18 Å². The van der Waals surface area contributed by atoms with E-state index >= 15 is 0 Å². The number of aromatic nitrogens is 2. The Morgan fingerprint density at radius 1 is 1.29 bits per heavy atom. The minimum Gasteiger partial charge on any atom is -0.481 e. The van der Waals surface area contributed by atoms with Crippen molar-refractivity contribution in [2.75, 3.05) is 14.2 Å². The Labute approximate surface area is 124 Å². The van der Waals surface area contributed by atoms with Crippen LogP contribution in [0.15, 0.2) is 24.5 Å². The molecule has 1 atom stereocenters. The van der Waals surface area contributed by atoms with Crippen LogP contribution in [0.3, 0.4) is 0 Å². The van der Waals surface area contributed by atoms with Gasteiger partial charge in [-0.3, -0.25) is 0 Å². The molecule has 1 N–H and O–H groups in total. The van der Waals surface area contributed by atoms with Crippen molar-refractivity contribution in [2.24, 2.45) is 0 Å². The van der Waals surface area contributed by atoms with Gasteiger partial charge in [0.15, 0.2) is 5.01 Å². The molecule has 0 aliphatic rings. The van der Waals surface area contributed by atoms with Gasteiger partial charge in [-0.25, -0.2) is 9.97 Å². The van der Waals surface area contributed by atoms with Crippen molar-refractivity contribution in [1.82, 2.24) is 15.3 Å². The average Bonchev–Trinajstić information content (AvgIpc) is 2.95. The van der Waals surface area contributed by atoms with E-state index in [1.165, 1.54) is 13.3 Å². The summed E-state index contributed by atoms with van der Waals surface area (Å²) in [5, 5.41) is 2.18. The lowest BCUT2D eigenvalue weighted by atomic mass is 10.1. The Hall–Kier alpha value is -1.67. The highest BCUT2D eigenvalue weighted by Gasteiger charge is 2.35. The quantitative estimate of drug-likeness (QED) is 0.921. The fourth-order valence-corrected chi connectivity index (χ4v) is 2.71. The van der Waals surface area contributed by atoms with Gasteiger partial charge in [-0.1, -0.05) is 6.07 Å². The summed E-state index contributed by atoms with van der Waals surface area (Å²) >= 11 is 0.656. The molecule has 1 unspecified atom stereocenters. The van der Waals surface area contributed by atoms with Crippen LogP contribution in [0.5, 0.6) is 5.88 Å². The molecule has 0 saturated carbocycles. The SMILES string of the molecule is CNC(Cc1ccc(OC)nc1)c1cnc(C(F)(F)F)s1. The van der Waals surface area contributed by atoms with Crippen molar-refractivity contribution in [3.63, 3.8) is 0 Å². The van der Waals surface area contributed by atoms with Crippen molar-refractivity contribution in [1.29, 1.82) is 0 Å². The first-order valence-electron chi connectivity index (χ1n) is 6.13. The smallest absolute Gasteiger partial charge is 0.443 e. The Bertz CT molecular complexity index is 583. The van der Waals surface area contributed by atoms with Gasteiger partial charge in [-0.05, 0) is 19.0 Å². The standard InChI is InChI=1S/C13H14F3N3OS/c1-17-9(5-8-3-4-11(20-2)18-6-8)10-7-19-12(21-10)13(14,15)16/h3-4,6-7,9,17H,5H2,1-2H3. The van der Waals surface area contributed by atoms with Crippen molar-refractivity contribution >= 4 is 11.3 Å². The lowest BCUT2D eigenvalue weighted by Gasteiger charge is -2.14. The van der Waals surface area contributed by atoms with Gasteiger partial charge in [0.05, 0.1) is 7.11 Å². The molecule has 2 heterocycles. The molecule has 2 aromatic rings. The average molecular weight is 317 g/mol. The molecule has 21 heavy (non-hydrogen) atoms. The summed E-state index contributed by atoms with van der Waals surface area (Å²) in [6.45, 7) is 0. The van der Waals surface area contributed by atoms with E-state index < -0.39 is 11.2 Å². The summed E-state index contributed by atoms with van der Waals surface area (Å²) in [6, 6.07) is 3.31. The predicted molar refractivity (Wildman–Crippen MR) is 73.4 cm³/mol. The van der Waals surface area contributed by atoms with Crippen LogP contribution >= 0.6 is 11.3 Å². The fraction of sp³-hybridized carbons (Fsp3) is 0.385. The molecule has 0 radical (unpaired) electrons. The highest BCUT2D eigenvalue weighted by Crippen LogP contribution is 2.35. The number of hydrogen-bond donors (Lipinski definition) is 1. The number of ether oxygens (including phenoxy) is 1. The van der Waals surface area contributed by atoms with Gasteiger partial charge in [0, 0.05) is 29.4 Å². The highest BCUT2D eigenvalue weighted by molar-refractivity contribution is 7.11. The summed E-state index contributed by atoms with van der Waals surface area (Å²) in [7, 11) is 3.23. The molecule has 0 bridgehead atoms. The number of halogens is 3. The zero-order valence-corrected chi connectivity index (χ0v) is 12.3. The maximum Gasteiger partial charge on any atom is 0.443 e. The number of thiazole rings is 1. The maximum atomic E-state index is 12.6. The van der Waals surface area contributed by atoms with E-state index in [2.05, 4.69) is 15.3 Å². The van der Waals surface area contributed by atoms with Crippen LogP contribution in [-0.4, -0.2) is 24.1 Å². The van der Waals surface area contributed by atoms with E-state index in [4.69, 9.17) is 4.74 Å². The molecule has 0 fully saturated rings. The molecule has 0 aliphatic heterocycles. The number of alkyl halides is 3. The summed E-state index contributed by atoms with van der Waals surface area (Å²) in [5.74, 6) is 0.497. The van der Waals surface area contributed by atoms with Gasteiger partial charge in [0.1, 0.15) is 0 Å². The van der Waals surface area contributed by atoms with E-state index in [-0.39, 0.29) is 6.04 Å². The molecule has 0 saturated heterocycles. The number of methoxy groups -OCH3 is 1. The summed E-state index contributed by atoms with van der Waals surface area (Å²) in [6.07, 6.45) is -0.962. The zero-order valence-electron chi connectivity index (χ0n) is 11.4. The van der Waals surface area contributed by atoms with Gasteiger partial charge in [-0.2, -0.15) is 13.2 Å². The molecular formula is C13H14F3N3OS.